The number of rotatable bonds is 5. The largest absolute Gasteiger partial charge is 0.320 e. The number of halogens is 1. The highest BCUT2D eigenvalue weighted by Gasteiger charge is 2.32. The van der Waals surface area contributed by atoms with Crippen molar-refractivity contribution in [1.29, 1.82) is 0 Å². The summed E-state index contributed by atoms with van der Waals surface area (Å²) in [7, 11) is -3.59. The topological polar surface area (TPSA) is 92.3 Å². The number of carbonyl (C=O) groups is 1. The average molecular weight is 461 g/mol. The average Bonchev–Trinajstić information content (AvgIpc) is 3.26. The molecule has 1 fully saturated rings. The number of carbonyl (C=O) groups excluding carboxylic acids is 1. The lowest BCUT2D eigenvalue weighted by atomic mass is 10.0. The van der Waals surface area contributed by atoms with E-state index in [1.165, 1.54) is 28.6 Å². The van der Waals surface area contributed by atoms with E-state index in [9.17, 15) is 17.6 Å². The molecule has 1 amide bonds. The van der Waals surface area contributed by atoms with Crippen molar-refractivity contribution in [2.75, 3.05) is 18.4 Å². The molecule has 0 spiro atoms. The lowest BCUT2D eigenvalue weighted by Crippen LogP contribution is -2.39. The summed E-state index contributed by atoms with van der Waals surface area (Å²) in [6.07, 6.45) is 1.47. The summed E-state index contributed by atoms with van der Waals surface area (Å²) in [6.45, 7) is 2.65. The monoisotopic (exact) mass is 460 g/mol. The maximum atomic E-state index is 13.0. The second kappa shape index (κ2) is 8.81. The molecule has 7 nitrogen and oxygen atoms in total. The highest BCUT2D eigenvalue weighted by molar-refractivity contribution is 7.89. The van der Waals surface area contributed by atoms with E-state index in [0.29, 0.717) is 30.2 Å². The Morgan fingerprint density at radius 2 is 1.84 bits per heavy atom. The van der Waals surface area contributed by atoms with E-state index in [4.69, 9.17) is 0 Å². The number of nitrogens with one attached hydrogen (secondary N) is 1. The summed E-state index contributed by atoms with van der Waals surface area (Å²) >= 11 is 1.15. The first kappa shape index (κ1) is 21.5. The Bertz CT molecular complexity index is 1180. The number of aryl methyl sites for hydroxylation is 1. The second-order valence-electron chi connectivity index (χ2n) is 7.42. The molecule has 0 aliphatic carbocycles. The molecular formula is C21H21FN4O3S2. The van der Waals surface area contributed by atoms with E-state index < -0.39 is 21.7 Å². The Kier molecular flexibility index (Phi) is 6.12. The summed E-state index contributed by atoms with van der Waals surface area (Å²) in [6, 6.07) is 12.2. The van der Waals surface area contributed by atoms with Crippen LogP contribution in [0.3, 0.4) is 0 Å². The van der Waals surface area contributed by atoms with Crippen molar-refractivity contribution in [1.82, 2.24) is 14.5 Å². The molecule has 2 heterocycles. The molecule has 1 aliphatic heterocycles. The van der Waals surface area contributed by atoms with Gasteiger partial charge < -0.3 is 5.32 Å². The molecule has 0 saturated carbocycles. The van der Waals surface area contributed by atoms with E-state index >= 15 is 0 Å². The molecule has 4 rings (SSSR count). The minimum Gasteiger partial charge on any atom is -0.320 e. The van der Waals surface area contributed by atoms with Crippen LogP contribution in [0.2, 0.25) is 0 Å². The van der Waals surface area contributed by atoms with Gasteiger partial charge in [-0.05, 0) is 56.2 Å². The summed E-state index contributed by atoms with van der Waals surface area (Å²) < 4.78 is 40.5. The van der Waals surface area contributed by atoms with Crippen LogP contribution in [0.5, 0.6) is 0 Å². The first-order valence-corrected chi connectivity index (χ1v) is 12.1. The predicted molar refractivity (Wildman–Crippen MR) is 116 cm³/mol. The van der Waals surface area contributed by atoms with E-state index in [1.54, 1.807) is 24.3 Å². The Labute approximate surface area is 184 Å². The van der Waals surface area contributed by atoms with E-state index in [2.05, 4.69) is 15.5 Å². The summed E-state index contributed by atoms with van der Waals surface area (Å²) in [4.78, 5) is 12.7. The van der Waals surface area contributed by atoms with Crippen LogP contribution >= 0.6 is 11.3 Å². The van der Waals surface area contributed by atoms with Gasteiger partial charge in [-0.2, -0.15) is 4.31 Å². The summed E-state index contributed by atoms with van der Waals surface area (Å²) in [5.41, 5.74) is 1.45. The van der Waals surface area contributed by atoms with Gasteiger partial charge in [0, 0.05) is 24.7 Å². The van der Waals surface area contributed by atoms with Crippen LogP contribution in [0, 0.1) is 12.7 Å². The van der Waals surface area contributed by atoms with Gasteiger partial charge in [-0.1, -0.05) is 29.0 Å². The van der Waals surface area contributed by atoms with Crippen molar-refractivity contribution in [3.05, 3.63) is 69.9 Å². The van der Waals surface area contributed by atoms with E-state index in [1.807, 2.05) is 6.92 Å². The van der Waals surface area contributed by atoms with Crippen LogP contribution in [-0.2, 0) is 10.0 Å². The number of benzene rings is 2. The van der Waals surface area contributed by atoms with Crippen LogP contribution in [-0.4, -0.2) is 41.9 Å². The number of amides is 1. The fourth-order valence-electron chi connectivity index (χ4n) is 3.43. The molecule has 0 bridgehead atoms. The second-order valence-corrected chi connectivity index (χ2v) is 10.4. The van der Waals surface area contributed by atoms with Crippen molar-refractivity contribution in [2.24, 2.45) is 0 Å². The van der Waals surface area contributed by atoms with Crippen molar-refractivity contribution >= 4 is 33.0 Å². The third-order valence-corrected chi connectivity index (χ3v) is 8.09. The highest BCUT2D eigenvalue weighted by Crippen LogP contribution is 2.32. The van der Waals surface area contributed by atoms with Gasteiger partial charge in [0.15, 0.2) is 0 Å². The molecule has 1 unspecified atom stereocenters. The van der Waals surface area contributed by atoms with Crippen molar-refractivity contribution in [2.45, 2.75) is 30.6 Å². The quantitative estimate of drug-likeness (QED) is 0.625. The number of sulfonamides is 1. The molecule has 1 N–H and O–H groups in total. The van der Waals surface area contributed by atoms with Gasteiger partial charge in [-0.25, -0.2) is 12.8 Å². The zero-order valence-electron chi connectivity index (χ0n) is 16.8. The molecule has 10 heteroatoms. The molecule has 1 saturated heterocycles. The van der Waals surface area contributed by atoms with Crippen LogP contribution in [0.25, 0.3) is 0 Å². The van der Waals surface area contributed by atoms with Crippen molar-refractivity contribution in [3.8, 4) is 0 Å². The Morgan fingerprint density at radius 3 is 2.55 bits per heavy atom. The van der Waals surface area contributed by atoms with Gasteiger partial charge in [0.1, 0.15) is 10.8 Å². The molecule has 3 aromatic rings. The van der Waals surface area contributed by atoms with Crippen LogP contribution in [0.15, 0.2) is 53.4 Å². The Balaban J connectivity index is 1.46. The maximum absolute atomic E-state index is 13.0. The number of hydrogen-bond donors (Lipinski definition) is 1. The minimum atomic E-state index is -3.59. The normalized spacial score (nSPS) is 17.4. The van der Waals surface area contributed by atoms with Crippen molar-refractivity contribution < 1.29 is 17.6 Å². The molecule has 2 aromatic carbocycles. The van der Waals surface area contributed by atoms with Gasteiger partial charge in [-0.15, -0.1) is 10.2 Å². The third kappa shape index (κ3) is 4.81. The number of anilines is 1. The zero-order chi connectivity index (χ0) is 22.0. The van der Waals surface area contributed by atoms with Gasteiger partial charge in [0.05, 0.1) is 4.90 Å². The van der Waals surface area contributed by atoms with Crippen LogP contribution in [0.4, 0.5) is 10.1 Å². The first-order chi connectivity index (χ1) is 14.8. The molecule has 31 heavy (non-hydrogen) atoms. The molecule has 1 aromatic heterocycles. The summed E-state index contributed by atoms with van der Waals surface area (Å²) in [5.74, 6) is -0.951. The van der Waals surface area contributed by atoms with Crippen molar-refractivity contribution in [3.63, 3.8) is 0 Å². The SMILES string of the molecule is Cc1ccc(S(=O)(=O)N2CCCC(c3nnc(C(=O)Nc4ccc(F)cc4)s3)C2)cc1. The van der Waals surface area contributed by atoms with Gasteiger partial charge in [0.2, 0.25) is 15.0 Å². The van der Waals surface area contributed by atoms with Crippen LogP contribution in [0.1, 0.15) is 39.1 Å². The fourth-order valence-corrected chi connectivity index (χ4v) is 5.82. The van der Waals surface area contributed by atoms with Gasteiger partial charge >= 0.3 is 0 Å². The molecule has 162 valence electrons. The zero-order valence-corrected chi connectivity index (χ0v) is 18.4. The fraction of sp³-hybridized carbons (Fsp3) is 0.286. The number of aromatic nitrogens is 2. The molecule has 1 atom stereocenters. The number of piperidine rings is 1. The van der Waals surface area contributed by atoms with E-state index in [0.717, 1.165) is 23.3 Å². The van der Waals surface area contributed by atoms with E-state index in [-0.39, 0.29) is 15.8 Å². The molecule has 1 aliphatic rings. The maximum Gasteiger partial charge on any atom is 0.286 e. The number of nitrogens with zero attached hydrogens (tertiary/aromatic N) is 3. The first-order valence-electron chi connectivity index (χ1n) is 9.80. The number of hydrogen-bond acceptors (Lipinski definition) is 6. The molecule has 0 radical (unpaired) electrons. The lowest BCUT2D eigenvalue weighted by Gasteiger charge is -2.30. The smallest absolute Gasteiger partial charge is 0.286 e. The predicted octanol–water partition coefficient (Wildman–Crippen LogP) is 3.81. The van der Waals surface area contributed by atoms with Crippen LogP contribution < -0.4 is 5.32 Å². The molecular weight excluding hydrogens is 439 g/mol. The Hall–Kier alpha value is -2.69. The highest BCUT2D eigenvalue weighted by atomic mass is 32.2. The summed E-state index contributed by atoms with van der Waals surface area (Å²) in [5, 5.41) is 11.6. The van der Waals surface area contributed by atoms with Gasteiger partial charge in [-0.3, -0.25) is 4.79 Å². The van der Waals surface area contributed by atoms with Gasteiger partial charge in [0.25, 0.3) is 5.91 Å². The third-order valence-electron chi connectivity index (χ3n) is 5.13. The lowest BCUT2D eigenvalue weighted by molar-refractivity contribution is 0.102. The standard InChI is InChI=1S/C21H21FN4O3S2/c1-14-4-10-18(11-5-14)31(28,29)26-12-2-3-15(13-26)20-24-25-21(30-20)19(27)23-17-8-6-16(22)7-9-17/h4-11,15H,2-3,12-13H2,1H3,(H,23,27). The minimum absolute atomic E-state index is 0.126. The Morgan fingerprint density at radius 1 is 1.13 bits per heavy atom.